The minimum atomic E-state index is 0.368. The molecule has 3 aromatic rings. The van der Waals surface area contributed by atoms with E-state index >= 15 is 0 Å². The average molecular weight is 249 g/mol. The van der Waals surface area contributed by atoms with E-state index in [0.717, 1.165) is 11.4 Å². The highest BCUT2D eigenvalue weighted by molar-refractivity contribution is 6.16. The van der Waals surface area contributed by atoms with Gasteiger partial charge in [-0.3, -0.25) is 4.40 Å². The molecule has 0 bridgehead atoms. The maximum absolute atomic E-state index is 5.66. The van der Waals surface area contributed by atoms with Gasteiger partial charge in [0.15, 0.2) is 0 Å². The predicted molar refractivity (Wildman–Crippen MR) is 61.7 cm³/mol. The molecule has 7 heteroatoms. The highest BCUT2D eigenvalue weighted by Gasteiger charge is 2.04. The molecular weight excluding hydrogens is 240 g/mol. The van der Waals surface area contributed by atoms with Crippen LogP contribution in [0.5, 0.6) is 0 Å². The first-order valence-corrected chi connectivity index (χ1v) is 5.62. The summed E-state index contributed by atoms with van der Waals surface area (Å²) in [7, 11) is 0. The lowest BCUT2D eigenvalue weighted by atomic mass is 10.5. The molecular formula is C10H9ClN6. The van der Waals surface area contributed by atoms with Gasteiger partial charge < -0.3 is 0 Å². The highest BCUT2D eigenvalue weighted by Crippen LogP contribution is 2.04. The normalized spacial score (nSPS) is 11.1. The molecule has 86 valence electrons. The van der Waals surface area contributed by atoms with E-state index in [4.69, 9.17) is 11.6 Å². The Kier molecular flexibility index (Phi) is 2.49. The van der Waals surface area contributed by atoms with E-state index in [9.17, 15) is 0 Å². The van der Waals surface area contributed by atoms with Crippen molar-refractivity contribution in [2.45, 2.75) is 12.4 Å². The van der Waals surface area contributed by atoms with Crippen molar-refractivity contribution in [2.75, 3.05) is 0 Å². The molecule has 0 unspecified atom stereocenters. The quantitative estimate of drug-likeness (QED) is 0.652. The molecule has 0 aromatic carbocycles. The zero-order valence-corrected chi connectivity index (χ0v) is 9.62. The van der Waals surface area contributed by atoms with E-state index in [1.807, 2.05) is 29.1 Å². The summed E-state index contributed by atoms with van der Waals surface area (Å²) in [5.41, 5.74) is 1.64. The molecule has 0 aliphatic heterocycles. The Morgan fingerprint density at radius 3 is 2.94 bits per heavy atom. The summed E-state index contributed by atoms with van der Waals surface area (Å²) in [4.78, 5) is 8.52. The Labute approximate surface area is 102 Å². The van der Waals surface area contributed by atoms with Crippen LogP contribution in [0.15, 0.2) is 30.9 Å². The smallest absolute Gasteiger partial charge is 0.233 e. The Bertz CT molecular complexity index is 610. The van der Waals surface area contributed by atoms with Crippen molar-refractivity contribution in [1.29, 1.82) is 0 Å². The highest BCUT2D eigenvalue weighted by atomic mass is 35.5. The fourth-order valence-corrected chi connectivity index (χ4v) is 1.72. The number of rotatable bonds is 3. The largest absolute Gasteiger partial charge is 0.291 e. The third-order valence-electron chi connectivity index (χ3n) is 2.33. The average Bonchev–Trinajstić information content (AvgIpc) is 2.94. The molecule has 0 spiro atoms. The molecule has 0 saturated heterocycles. The number of halogens is 1. The van der Waals surface area contributed by atoms with Gasteiger partial charge in [0.25, 0.3) is 0 Å². The molecule has 0 aliphatic carbocycles. The Morgan fingerprint density at radius 1 is 1.24 bits per heavy atom. The summed E-state index contributed by atoms with van der Waals surface area (Å²) < 4.78 is 3.58. The van der Waals surface area contributed by atoms with Crippen LogP contribution in [0.1, 0.15) is 11.4 Å². The second-order valence-corrected chi connectivity index (χ2v) is 3.87. The van der Waals surface area contributed by atoms with Crippen LogP contribution in [0, 0.1) is 0 Å². The Balaban J connectivity index is 1.89. The van der Waals surface area contributed by atoms with Gasteiger partial charge in [-0.1, -0.05) is 5.21 Å². The van der Waals surface area contributed by atoms with Crippen LogP contribution < -0.4 is 0 Å². The molecule has 0 saturated carbocycles. The molecule has 0 atom stereocenters. The van der Waals surface area contributed by atoms with Crippen LogP contribution >= 0.6 is 11.6 Å². The Morgan fingerprint density at radius 2 is 2.18 bits per heavy atom. The summed E-state index contributed by atoms with van der Waals surface area (Å²) in [6.07, 6.45) is 7.35. The molecule has 6 nitrogen and oxygen atoms in total. The summed E-state index contributed by atoms with van der Waals surface area (Å²) >= 11 is 5.66. The molecule has 3 rings (SSSR count). The van der Waals surface area contributed by atoms with E-state index in [0.29, 0.717) is 18.2 Å². The standard InChI is InChI=1S/C10H9ClN6/c11-4-8-6-17(15-14-8)7-9-5-16-3-1-2-12-10(16)13-9/h1-3,5-6H,4,7H2. The number of imidazole rings is 1. The van der Waals surface area contributed by atoms with Gasteiger partial charge in [0.05, 0.1) is 30.0 Å². The number of aromatic nitrogens is 6. The van der Waals surface area contributed by atoms with E-state index < -0.39 is 0 Å². The van der Waals surface area contributed by atoms with Crippen LogP contribution in [0.2, 0.25) is 0 Å². The van der Waals surface area contributed by atoms with Gasteiger partial charge in [-0.25, -0.2) is 14.6 Å². The lowest BCUT2D eigenvalue weighted by molar-refractivity contribution is 0.640. The third-order valence-corrected chi connectivity index (χ3v) is 2.61. The summed E-state index contributed by atoms with van der Waals surface area (Å²) in [6, 6.07) is 1.86. The van der Waals surface area contributed by atoms with E-state index in [-0.39, 0.29) is 0 Å². The first-order chi connectivity index (χ1) is 8.35. The van der Waals surface area contributed by atoms with Crippen molar-refractivity contribution in [3.63, 3.8) is 0 Å². The van der Waals surface area contributed by atoms with E-state index in [2.05, 4.69) is 20.3 Å². The second kappa shape index (κ2) is 4.14. The van der Waals surface area contributed by atoms with Crippen molar-refractivity contribution in [3.05, 3.63) is 42.2 Å². The van der Waals surface area contributed by atoms with Gasteiger partial charge in [0, 0.05) is 18.6 Å². The fraction of sp³-hybridized carbons (Fsp3) is 0.200. The van der Waals surface area contributed by atoms with Crippen molar-refractivity contribution >= 4 is 17.4 Å². The first kappa shape index (κ1) is 10.2. The molecule has 3 aromatic heterocycles. The van der Waals surface area contributed by atoms with Gasteiger partial charge in [-0.05, 0) is 6.07 Å². The third kappa shape index (κ3) is 1.99. The van der Waals surface area contributed by atoms with Crippen LogP contribution in [0.3, 0.4) is 0 Å². The summed E-state index contributed by atoms with van der Waals surface area (Å²) in [6.45, 7) is 0.563. The topological polar surface area (TPSA) is 60.9 Å². The number of hydrogen-bond acceptors (Lipinski definition) is 4. The van der Waals surface area contributed by atoms with Crippen LogP contribution in [-0.4, -0.2) is 29.4 Å². The van der Waals surface area contributed by atoms with Gasteiger partial charge in [0.1, 0.15) is 0 Å². The maximum Gasteiger partial charge on any atom is 0.233 e. The molecule has 0 amide bonds. The lowest BCUT2D eigenvalue weighted by Crippen LogP contribution is -2.00. The maximum atomic E-state index is 5.66. The molecule has 0 radical (unpaired) electrons. The zero-order chi connectivity index (χ0) is 11.7. The van der Waals surface area contributed by atoms with Crippen molar-refractivity contribution in [2.24, 2.45) is 0 Å². The SMILES string of the molecule is ClCc1cn(Cc2cn3cccnc3n2)nn1. The number of nitrogens with zero attached hydrogens (tertiary/aromatic N) is 6. The minimum absolute atomic E-state index is 0.368. The monoisotopic (exact) mass is 248 g/mol. The minimum Gasteiger partial charge on any atom is -0.291 e. The molecule has 3 heterocycles. The molecule has 17 heavy (non-hydrogen) atoms. The first-order valence-electron chi connectivity index (χ1n) is 5.09. The van der Waals surface area contributed by atoms with E-state index in [1.54, 1.807) is 10.9 Å². The fourth-order valence-electron chi connectivity index (χ4n) is 1.60. The van der Waals surface area contributed by atoms with Crippen LogP contribution in [0.25, 0.3) is 5.78 Å². The van der Waals surface area contributed by atoms with Crippen LogP contribution in [0.4, 0.5) is 0 Å². The Hall–Kier alpha value is -1.95. The number of fused-ring (bicyclic) bond motifs is 1. The van der Waals surface area contributed by atoms with Gasteiger partial charge in [-0.2, -0.15) is 0 Å². The summed E-state index contributed by atoms with van der Waals surface area (Å²) in [5, 5.41) is 7.88. The van der Waals surface area contributed by atoms with Crippen molar-refractivity contribution in [3.8, 4) is 0 Å². The summed E-state index contributed by atoms with van der Waals surface area (Å²) in [5.74, 6) is 1.05. The lowest BCUT2D eigenvalue weighted by Gasteiger charge is -1.93. The number of alkyl halides is 1. The molecule has 0 fully saturated rings. The van der Waals surface area contributed by atoms with Gasteiger partial charge in [-0.15, -0.1) is 16.7 Å². The second-order valence-electron chi connectivity index (χ2n) is 3.60. The van der Waals surface area contributed by atoms with Crippen molar-refractivity contribution in [1.82, 2.24) is 29.4 Å². The van der Waals surface area contributed by atoms with Crippen LogP contribution in [-0.2, 0) is 12.4 Å². The zero-order valence-electron chi connectivity index (χ0n) is 8.86. The molecule has 0 N–H and O–H groups in total. The van der Waals surface area contributed by atoms with Gasteiger partial charge in [0.2, 0.25) is 5.78 Å². The number of hydrogen-bond donors (Lipinski definition) is 0. The van der Waals surface area contributed by atoms with E-state index in [1.165, 1.54) is 0 Å². The van der Waals surface area contributed by atoms with Gasteiger partial charge >= 0.3 is 0 Å². The molecule has 0 aliphatic rings. The van der Waals surface area contributed by atoms with Crippen molar-refractivity contribution < 1.29 is 0 Å². The predicted octanol–water partition coefficient (Wildman–Crippen LogP) is 1.11.